The van der Waals surface area contributed by atoms with Gasteiger partial charge in [0.25, 0.3) is 0 Å². The Hall–Kier alpha value is -7.91. The van der Waals surface area contributed by atoms with Crippen molar-refractivity contribution in [3.8, 4) is 89.7 Å². The van der Waals surface area contributed by atoms with Gasteiger partial charge in [-0.1, -0.05) is 233 Å². The van der Waals surface area contributed by atoms with Crippen LogP contribution in [0.1, 0.15) is 51.3 Å². The number of aromatic hydroxyl groups is 1. The quantitative estimate of drug-likeness (QED) is 0.139. The topological polar surface area (TPSA) is 50.9 Å². The number of nitrogens with zero attached hydrogens (tertiary/aromatic N) is 3. The second-order valence-corrected chi connectivity index (χ2v) is 19.9. The fourth-order valence-corrected chi connectivity index (χ4v) is 9.86. The van der Waals surface area contributed by atoms with E-state index >= 15 is 0 Å². The fraction of sp³-hybridized carbons (Fsp3) is 0.104. The molecule has 0 spiro atoms. The average molecular weight is 1110 g/mol. The predicted octanol–water partition coefficient (Wildman–Crippen LogP) is 17.2. The molecule has 0 bridgehead atoms. The van der Waals surface area contributed by atoms with Gasteiger partial charge in [-0.2, -0.15) is 0 Å². The maximum absolute atomic E-state index is 12.6. The third-order valence-electron chi connectivity index (χ3n) is 14.0. The van der Waals surface area contributed by atoms with E-state index in [-0.39, 0.29) is 37.6 Å². The molecule has 0 fully saturated rings. The van der Waals surface area contributed by atoms with Crippen LogP contribution in [0, 0.1) is 6.07 Å². The predicted molar refractivity (Wildman–Crippen MR) is 295 cm³/mol. The summed E-state index contributed by atoms with van der Waals surface area (Å²) in [6.45, 7) is 11.2. The molecule has 1 N–H and O–H groups in total. The van der Waals surface area contributed by atoms with E-state index in [9.17, 15) is 5.11 Å². The molecule has 4 nitrogen and oxygen atoms in total. The Morgan fingerprint density at radius 3 is 1.64 bits per heavy atom. The first-order valence-corrected chi connectivity index (χ1v) is 24.4. The second kappa shape index (κ2) is 19.7. The monoisotopic (exact) mass is 1110 g/mol. The van der Waals surface area contributed by atoms with Crippen molar-refractivity contribution in [1.82, 2.24) is 14.5 Å². The van der Waals surface area contributed by atoms with Gasteiger partial charge in [-0.05, 0) is 80.3 Å². The van der Waals surface area contributed by atoms with Crippen LogP contribution in [-0.4, -0.2) is 19.6 Å². The summed E-state index contributed by atoms with van der Waals surface area (Å²) < 4.78 is 2.23. The molecule has 2 heterocycles. The van der Waals surface area contributed by atoms with E-state index in [1.807, 2.05) is 36.5 Å². The number of para-hydroxylation sites is 2. The zero-order chi connectivity index (χ0) is 48.7. The first-order chi connectivity index (χ1) is 34.5. The van der Waals surface area contributed by atoms with Gasteiger partial charge >= 0.3 is 0 Å². The van der Waals surface area contributed by atoms with Crippen LogP contribution < -0.4 is 0 Å². The molecule has 5 heteroatoms. The number of pyridine rings is 1. The average Bonchev–Trinajstić information content (AvgIpc) is 3.81. The Labute approximate surface area is 437 Å². The largest absolute Gasteiger partial charge is 0.507 e. The van der Waals surface area contributed by atoms with Crippen molar-refractivity contribution in [2.75, 3.05) is 0 Å². The van der Waals surface area contributed by atoms with Gasteiger partial charge in [0, 0.05) is 49.5 Å². The SMILES string of the molecule is CC(C)(C)c1cc(-c2ccccc2)c(O)c(-c2nc3c(-c4[c-]c(-c5cc(-c6ccc(C(C)(C)c7ccccc7)cc6)ccn5)cc(-c5ccccc5)c4)cccc3n2-c2ccccc2-c2ccccc2)c1.[Pt]. The molecule has 0 aliphatic carbocycles. The third-order valence-corrected chi connectivity index (χ3v) is 14.0. The van der Waals surface area contributed by atoms with Crippen molar-refractivity contribution in [3.05, 3.63) is 253 Å². The van der Waals surface area contributed by atoms with E-state index in [0.29, 0.717) is 11.4 Å². The zero-order valence-corrected chi connectivity index (χ0v) is 43.3. The molecule has 354 valence electrons. The van der Waals surface area contributed by atoms with Gasteiger partial charge in [0.2, 0.25) is 0 Å². The normalized spacial score (nSPS) is 11.6. The van der Waals surface area contributed by atoms with Gasteiger partial charge in [-0.3, -0.25) is 9.55 Å². The van der Waals surface area contributed by atoms with Crippen molar-refractivity contribution in [1.29, 1.82) is 0 Å². The van der Waals surface area contributed by atoms with Crippen LogP contribution in [0.3, 0.4) is 0 Å². The molecule has 2 aromatic heterocycles. The van der Waals surface area contributed by atoms with Crippen LogP contribution in [0.4, 0.5) is 0 Å². The minimum absolute atomic E-state index is 0. The van der Waals surface area contributed by atoms with E-state index in [1.54, 1.807) is 0 Å². The number of imidazole rings is 1. The van der Waals surface area contributed by atoms with Crippen LogP contribution >= 0.6 is 0 Å². The van der Waals surface area contributed by atoms with E-state index in [1.165, 1.54) is 11.1 Å². The Bertz CT molecular complexity index is 3690. The molecule has 11 rings (SSSR count). The van der Waals surface area contributed by atoms with Gasteiger partial charge in [-0.25, -0.2) is 4.98 Å². The van der Waals surface area contributed by atoms with Crippen LogP contribution in [-0.2, 0) is 31.9 Å². The third kappa shape index (κ3) is 9.15. The standard InChI is InChI=1S/C67H54N3O.Pt/c1-66(2,3)55-43-58(48-25-14-8-15-26-48)64(71)59(44-55)65-69-63-57(30-20-32-62(63)70(65)61-31-19-18-29-56(61)47-23-12-7-13-24-47)51-39-50(45-21-10-6-11-22-45)40-52(41-51)60-42-49(37-38-68-60)46-33-35-54(36-34-46)67(4,5)53-27-16-9-17-28-53;/h6-40,42-44,71H,1-5H3;/q-1;. The number of aromatic nitrogens is 3. The fourth-order valence-electron chi connectivity index (χ4n) is 9.86. The summed E-state index contributed by atoms with van der Waals surface area (Å²) in [5.41, 5.74) is 18.2. The van der Waals surface area contributed by atoms with Crippen molar-refractivity contribution in [3.63, 3.8) is 0 Å². The van der Waals surface area contributed by atoms with Gasteiger partial charge in [0.15, 0.2) is 0 Å². The Morgan fingerprint density at radius 2 is 0.972 bits per heavy atom. The van der Waals surface area contributed by atoms with Crippen molar-refractivity contribution in [2.24, 2.45) is 0 Å². The van der Waals surface area contributed by atoms with E-state index in [2.05, 4.69) is 239 Å². The molecule has 0 unspecified atom stereocenters. The Balaban J connectivity index is 0.00000596. The number of benzene rings is 9. The smallest absolute Gasteiger partial charge is 0.148 e. The molecule has 9 aromatic carbocycles. The summed E-state index contributed by atoms with van der Waals surface area (Å²) >= 11 is 0. The summed E-state index contributed by atoms with van der Waals surface area (Å²) in [5.74, 6) is 0.823. The van der Waals surface area contributed by atoms with Crippen molar-refractivity contribution in [2.45, 2.75) is 45.4 Å². The van der Waals surface area contributed by atoms with E-state index in [0.717, 1.165) is 89.2 Å². The molecule has 0 radical (unpaired) electrons. The van der Waals surface area contributed by atoms with Crippen LogP contribution in [0.25, 0.3) is 95.0 Å². The Morgan fingerprint density at radius 1 is 0.431 bits per heavy atom. The minimum Gasteiger partial charge on any atom is -0.507 e. The van der Waals surface area contributed by atoms with E-state index in [4.69, 9.17) is 9.97 Å². The number of phenols is 1. The van der Waals surface area contributed by atoms with Crippen LogP contribution in [0.15, 0.2) is 231 Å². The first kappa shape index (κ1) is 47.8. The molecule has 0 amide bonds. The molecule has 0 saturated heterocycles. The number of hydrogen-bond acceptors (Lipinski definition) is 3. The van der Waals surface area contributed by atoms with Crippen LogP contribution in [0.2, 0.25) is 0 Å². The molecule has 0 aliphatic heterocycles. The van der Waals surface area contributed by atoms with Crippen LogP contribution in [0.5, 0.6) is 5.75 Å². The van der Waals surface area contributed by atoms with Gasteiger partial charge in [0.1, 0.15) is 11.6 Å². The van der Waals surface area contributed by atoms with Gasteiger partial charge < -0.3 is 5.11 Å². The molecule has 0 aliphatic rings. The molecule has 11 aromatic rings. The molecule has 72 heavy (non-hydrogen) atoms. The second-order valence-electron chi connectivity index (χ2n) is 19.9. The molecule has 0 saturated carbocycles. The number of phenolic OH excluding ortho intramolecular Hbond substituents is 1. The maximum Gasteiger partial charge on any atom is 0.148 e. The summed E-state index contributed by atoms with van der Waals surface area (Å²) in [4.78, 5) is 10.7. The minimum atomic E-state index is -0.229. The zero-order valence-electron chi connectivity index (χ0n) is 41.0. The van der Waals surface area contributed by atoms with Crippen molar-refractivity contribution < 1.29 is 26.2 Å². The number of fused-ring (bicyclic) bond motifs is 1. The number of hydrogen-bond donors (Lipinski definition) is 1. The molecular formula is C67H54N3OPt-. The first-order valence-electron chi connectivity index (χ1n) is 24.4. The van der Waals surface area contributed by atoms with Crippen molar-refractivity contribution >= 4 is 11.0 Å². The van der Waals surface area contributed by atoms with Gasteiger partial charge in [-0.15, -0.1) is 23.8 Å². The summed E-state index contributed by atoms with van der Waals surface area (Å²) in [6, 6.07) is 82.4. The molecular weight excluding hydrogens is 1060 g/mol. The summed E-state index contributed by atoms with van der Waals surface area (Å²) in [5, 5.41) is 12.6. The maximum atomic E-state index is 12.6. The van der Waals surface area contributed by atoms with Gasteiger partial charge in [0.05, 0.1) is 22.3 Å². The Kier molecular flexibility index (Phi) is 13.1. The summed E-state index contributed by atoms with van der Waals surface area (Å²) in [7, 11) is 0. The van der Waals surface area contributed by atoms with E-state index < -0.39 is 0 Å². The molecule has 0 atom stereocenters. The summed E-state index contributed by atoms with van der Waals surface area (Å²) in [6.07, 6.45) is 1.90. The number of rotatable bonds is 10.